The number of hydrogen-bond acceptors (Lipinski definition) is 4. The Morgan fingerprint density at radius 2 is 2.20 bits per heavy atom. The van der Waals surface area contributed by atoms with E-state index in [1.54, 1.807) is 6.26 Å². The molecule has 0 aliphatic rings. The van der Waals surface area contributed by atoms with Gasteiger partial charge in [0.1, 0.15) is 24.2 Å². The highest BCUT2D eigenvalue weighted by Gasteiger charge is 2.06. The zero-order chi connectivity index (χ0) is 14.2. The van der Waals surface area contributed by atoms with Gasteiger partial charge in [0.15, 0.2) is 0 Å². The summed E-state index contributed by atoms with van der Waals surface area (Å²) in [5.74, 6) is 1.66. The summed E-state index contributed by atoms with van der Waals surface area (Å²) in [6.07, 6.45) is 2.07. The fraction of sp³-hybridized carbons (Fsp3) is 0.375. The van der Waals surface area contributed by atoms with Crippen molar-refractivity contribution in [3.05, 3.63) is 54.0 Å². The molecule has 1 aromatic heterocycles. The highest BCUT2D eigenvalue weighted by Crippen LogP contribution is 2.13. The third-order valence-corrected chi connectivity index (χ3v) is 3.01. The molecule has 108 valence electrons. The lowest BCUT2D eigenvalue weighted by Gasteiger charge is -2.13. The second-order valence-electron chi connectivity index (χ2n) is 4.68. The number of ether oxygens (including phenoxy) is 1. The molecule has 1 aromatic carbocycles. The molecule has 0 amide bonds. The van der Waals surface area contributed by atoms with E-state index in [4.69, 9.17) is 9.15 Å². The van der Waals surface area contributed by atoms with Gasteiger partial charge >= 0.3 is 0 Å². The molecular formula is C16H21NO3. The summed E-state index contributed by atoms with van der Waals surface area (Å²) in [5, 5.41) is 13.0. The fourth-order valence-electron chi connectivity index (χ4n) is 1.88. The smallest absolute Gasteiger partial charge is 0.119 e. The van der Waals surface area contributed by atoms with E-state index in [-0.39, 0.29) is 6.61 Å². The van der Waals surface area contributed by atoms with Crippen LogP contribution in [0, 0.1) is 0 Å². The molecule has 0 fully saturated rings. The number of aliphatic hydroxyl groups is 1. The summed E-state index contributed by atoms with van der Waals surface area (Å²) in [5.41, 5.74) is 1.23. The van der Waals surface area contributed by atoms with Crippen LogP contribution < -0.4 is 10.1 Å². The van der Waals surface area contributed by atoms with Crippen molar-refractivity contribution in [2.45, 2.75) is 26.0 Å². The number of furan rings is 1. The molecule has 0 bridgehead atoms. The molecule has 2 N–H and O–H groups in total. The van der Waals surface area contributed by atoms with E-state index in [0.717, 1.165) is 17.9 Å². The highest BCUT2D eigenvalue weighted by atomic mass is 16.5. The molecule has 1 unspecified atom stereocenters. The Balaban J connectivity index is 1.67. The van der Waals surface area contributed by atoms with E-state index in [0.29, 0.717) is 13.1 Å². The number of aryl methyl sites for hydroxylation is 1. The van der Waals surface area contributed by atoms with Gasteiger partial charge in [0.25, 0.3) is 0 Å². The van der Waals surface area contributed by atoms with Crippen LogP contribution >= 0.6 is 0 Å². The number of benzene rings is 1. The van der Waals surface area contributed by atoms with Crippen molar-refractivity contribution in [2.75, 3.05) is 13.2 Å². The van der Waals surface area contributed by atoms with Crippen LogP contribution in [0.1, 0.15) is 18.2 Å². The largest absolute Gasteiger partial charge is 0.491 e. The van der Waals surface area contributed by atoms with Gasteiger partial charge in [0.2, 0.25) is 0 Å². The van der Waals surface area contributed by atoms with Gasteiger partial charge in [0.05, 0.1) is 12.8 Å². The second-order valence-corrected chi connectivity index (χ2v) is 4.68. The van der Waals surface area contributed by atoms with E-state index in [1.165, 1.54) is 5.56 Å². The summed E-state index contributed by atoms with van der Waals surface area (Å²) >= 11 is 0. The van der Waals surface area contributed by atoms with Crippen molar-refractivity contribution >= 4 is 0 Å². The minimum Gasteiger partial charge on any atom is -0.491 e. The number of rotatable bonds is 8. The molecule has 1 heterocycles. The number of hydrogen-bond donors (Lipinski definition) is 2. The molecule has 4 nitrogen and oxygen atoms in total. The summed E-state index contributed by atoms with van der Waals surface area (Å²) in [6.45, 7) is 3.45. The van der Waals surface area contributed by atoms with Crippen molar-refractivity contribution < 1.29 is 14.3 Å². The zero-order valence-corrected chi connectivity index (χ0v) is 11.7. The SMILES string of the molecule is CCc1cccc(OCC(O)CNCc2ccco2)c1. The topological polar surface area (TPSA) is 54.6 Å². The average molecular weight is 275 g/mol. The molecule has 20 heavy (non-hydrogen) atoms. The molecule has 0 aliphatic heterocycles. The molecule has 4 heteroatoms. The number of nitrogens with one attached hydrogen (secondary N) is 1. The first kappa shape index (κ1) is 14.6. The van der Waals surface area contributed by atoms with Crippen LogP contribution in [0.2, 0.25) is 0 Å². The second kappa shape index (κ2) is 7.72. The summed E-state index contributed by atoms with van der Waals surface area (Å²) in [4.78, 5) is 0. The van der Waals surface area contributed by atoms with Gasteiger partial charge < -0.3 is 19.6 Å². The van der Waals surface area contributed by atoms with Gasteiger partial charge in [-0.2, -0.15) is 0 Å². The van der Waals surface area contributed by atoms with Crippen LogP contribution in [0.4, 0.5) is 0 Å². The van der Waals surface area contributed by atoms with E-state index in [1.807, 2.05) is 30.3 Å². The van der Waals surface area contributed by atoms with Gasteiger partial charge in [0, 0.05) is 6.54 Å². The first-order valence-corrected chi connectivity index (χ1v) is 6.91. The lowest BCUT2D eigenvalue weighted by molar-refractivity contribution is 0.105. The Morgan fingerprint density at radius 1 is 1.30 bits per heavy atom. The molecule has 0 spiro atoms. The van der Waals surface area contributed by atoms with Gasteiger partial charge in [-0.05, 0) is 36.2 Å². The van der Waals surface area contributed by atoms with Crippen LogP contribution in [-0.4, -0.2) is 24.4 Å². The van der Waals surface area contributed by atoms with Gasteiger partial charge in [-0.15, -0.1) is 0 Å². The zero-order valence-electron chi connectivity index (χ0n) is 11.7. The lowest BCUT2D eigenvalue weighted by Crippen LogP contribution is -2.31. The van der Waals surface area contributed by atoms with E-state index in [2.05, 4.69) is 18.3 Å². The first-order chi connectivity index (χ1) is 9.78. The van der Waals surface area contributed by atoms with Crippen LogP contribution in [0.5, 0.6) is 5.75 Å². The summed E-state index contributed by atoms with van der Waals surface area (Å²) in [6, 6.07) is 11.7. The van der Waals surface area contributed by atoms with Crippen LogP contribution in [0.25, 0.3) is 0 Å². The van der Waals surface area contributed by atoms with Crippen molar-refractivity contribution in [2.24, 2.45) is 0 Å². The standard InChI is InChI=1S/C16H21NO3/c1-2-13-5-3-6-15(9-13)20-12-14(18)10-17-11-16-7-4-8-19-16/h3-9,14,17-18H,2,10-12H2,1H3. The van der Waals surface area contributed by atoms with E-state index in [9.17, 15) is 5.11 Å². The Labute approximate surface area is 119 Å². The van der Waals surface area contributed by atoms with Crippen molar-refractivity contribution in [1.29, 1.82) is 0 Å². The molecule has 0 radical (unpaired) electrons. The summed E-state index contributed by atoms with van der Waals surface area (Å²) in [7, 11) is 0. The average Bonchev–Trinajstić information content (AvgIpc) is 2.98. The van der Waals surface area contributed by atoms with Gasteiger partial charge in [-0.25, -0.2) is 0 Å². The fourth-order valence-corrected chi connectivity index (χ4v) is 1.88. The molecule has 2 rings (SSSR count). The molecule has 1 atom stereocenters. The van der Waals surface area contributed by atoms with E-state index < -0.39 is 6.10 Å². The Morgan fingerprint density at radius 3 is 2.95 bits per heavy atom. The van der Waals surface area contributed by atoms with Gasteiger partial charge in [-0.3, -0.25) is 0 Å². The highest BCUT2D eigenvalue weighted by molar-refractivity contribution is 5.28. The van der Waals surface area contributed by atoms with Crippen LogP contribution in [0.15, 0.2) is 47.1 Å². The number of aliphatic hydroxyl groups excluding tert-OH is 1. The third kappa shape index (κ3) is 4.72. The van der Waals surface area contributed by atoms with Crippen molar-refractivity contribution in [1.82, 2.24) is 5.32 Å². The molecular weight excluding hydrogens is 254 g/mol. The first-order valence-electron chi connectivity index (χ1n) is 6.91. The van der Waals surface area contributed by atoms with E-state index >= 15 is 0 Å². The molecule has 0 saturated heterocycles. The maximum absolute atomic E-state index is 9.85. The van der Waals surface area contributed by atoms with Crippen molar-refractivity contribution in [3.63, 3.8) is 0 Å². The predicted molar refractivity (Wildman–Crippen MR) is 77.7 cm³/mol. The molecule has 0 saturated carbocycles. The van der Waals surface area contributed by atoms with Gasteiger partial charge in [-0.1, -0.05) is 19.1 Å². The lowest BCUT2D eigenvalue weighted by atomic mass is 10.2. The van der Waals surface area contributed by atoms with Crippen molar-refractivity contribution in [3.8, 4) is 5.75 Å². The van der Waals surface area contributed by atoms with Crippen LogP contribution in [0.3, 0.4) is 0 Å². The summed E-state index contributed by atoms with van der Waals surface area (Å²) < 4.78 is 10.8. The minimum atomic E-state index is -0.546. The molecule has 0 aliphatic carbocycles. The normalized spacial score (nSPS) is 12.3. The third-order valence-electron chi connectivity index (χ3n) is 3.01. The quantitative estimate of drug-likeness (QED) is 0.776. The monoisotopic (exact) mass is 275 g/mol. The molecule has 2 aromatic rings. The predicted octanol–water partition coefficient (Wildman–Crippen LogP) is 2.37. The minimum absolute atomic E-state index is 0.276. The maximum Gasteiger partial charge on any atom is 0.119 e. The Kier molecular flexibility index (Phi) is 5.65. The van der Waals surface area contributed by atoms with Crippen LogP contribution in [-0.2, 0) is 13.0 Å². The Bertz CT molecular complexity index is 496. The Hall–Kier alpha value is -1.78. The maximum atomic E-state index is 9.85.